The van der Waals surface area contributed by atoms with Gasteiger partial charge in [-0.25, -0.2) is 0 Å². The zero-order valence-corrected chi connectivity index (χ0v) is 23.0. The maximum Gasteiger partial charge on any atom is 0.130 e. The molecule has 0 aliphatic heterocycles. The van der Waals surface area contributed by atoms with Gasteiger partial charge in [0.05, 0.1) is 49.3 Å². The van der Waals surface area contributed by atoms with E-state index in [1.54, 1.807) is 19.5 Å². The zero-order chi connectivity index (χ0) is 24.1. The second-order valence-corrected chi connectivity index (χ2v) is 15.7. The highest BCUT2D eigenvalue weighted by atomic mass is 31.2. The van der Waals surface area contributed by atoms with E-state index < -0.39 is 7.26 Å². The van der Waals surface area contributed by atoms with Crippen LogP contribution in [-0.2, 0) is 0 Å². The molecule has 2 aromatic carbocycles. The van der Waals surface area contributed by atoms with Gasteiger partial charge in [0.25, 0.3) is 0 Å². The van der Waals surface area contributed by atoms with Gasteiger partial charge in [-0.1, -0.05) is 37.5 Å². The third-order valence-corrected chi connectivity index (χ3v) is 15.9. The van der Waals surface area contributed by atoms with Crippen molar-refractivity contribution in [2.24, 2.45) is 0 Å². The van der Waals surface area contributed by atoms with Crippen LogP contribution in [0.4, 0.5) is 0 Å². The van der Waals surface area contributed by atoms with Crippen molar-refractivity contribution in [2.75, 3.05) is 14.2 Å². The van der Waals surface area contributed by atoms with Gasteiger partial charge < -0.3 is 9.47 Å². The molecule has 5 rings (SSSR count). The molecule has 2 aromatic rings. The maximum atomic E-state index is 5.85. The van der Waals surface area contributed by atoms with Crippen LogP contribution in [0.5, 0.6) is 11.5 Å². The van der Waals surface area contributed by atoms with E-state index in [2.05, 4.69) is 36.4 Å². The fraction of sp³-hybridized carbons (Fsp3) is 0.625. The van der Waals surface area contributed by atoms with Crippen LogP contribution in [-0.4, -0.2) is 31.2 Å². The normalized spacial score (nSPS) is 21.1. The van der Waals surface area contributed by atoms with E-state index in [1.807, 2.05) is 6.07 Å². The van der Waals surface area contributed by atoms with Gasteiger partial charge in [0.15, 0.2) is 0 Å². The van der Waals surface area contributed by atoms with E-state index in [-0.39, 0.29) is 0 Å². The van der Waals surface area contributed by atoms with Gasteiger partial charge in [-0.15, -0.1) is 0 Å². The Morgan fingerprint density at radius 3 is 1.43 bits per heavy atom. The first-order chi connectivity index (χ1) is 17.3. The predicted molar refractivity (Wildman–Crippen MR) is 152 cm³/mol. The van der Waals surface area contributed by atoms with Crippen LogP contribution in [0.1, 0.15) is 96.3 Å². The van der Waals surface area contributed by atoms with Gasteiger partial charge >= 0.3 is 0 Å². The highest BCUT2D eigenvalue weighted by Gasteiger charge is 2.58. The first-order valence-electron chi connectivity index (χ1n) is 14.5. The molecule has 3 aliphatic rings. The minimum Gasteiger partial charge on any atom is -0.496 e. The molecule has 35 heavy (non-hydrogen) atoms. The third-order valence-electron chi connectivity index (χ3n) is 9.55. The topological polar surface area (TPSA) is 18.5 Å². The molecule has 0 N–H and O–H groups in total. The Morgan fingerprint density at radius 2 is 1.00 bits per heavy atom. The summed E-state index contributed by atoms with van der Waals surface area (Å²) in [4.78, 5) is 0. The van der Waals surface area contributed by atoms with E-state index in [1.165, 1.54) is 102 Å². The summed E-state index contributed by atoms with van der Waals surface area (Å²) in [5.74, 6) is 1.83. The number of rotatable bonds is 7. The molecule has 190 valence electrons. The van der Waals surface area contributed by atoms with Gasteiger partial charge in [-0.05, 0) is 107 Å². The fourth-order valence-corrected chi connectivity index (χ4v) is 15.5. The quantitative estimate of drug-likeness (QED) is 0.358. The summed E-state index contributed by atoms with van der Waals surface area (Å²) >= 11 is 0. The average Bonchev–Trinajstić information content (AvgIpc) is 2.95. The van der Waals surface area contributed by atoms with Gasteiger partial charge in [0.2, 0.25) is 0 Å². The van der Waals surface area contributed by atoms with Gasteiger partial charge in [-0.2, -0.15) is 0 Å². The lowest BCUT2D eigenvalue weighted by atomic mass is 9.98. The number of methoxy groups -OCH3 is 2. The van der Waals surface area contributed by atoms with Crippen molar-refractivity contribution < 1.29 is 9.47 Å². The smallest absolute Gasteiger partial charge is 0.130 e. The summed E-state index contributed by atoms with van der Waals surface area (Å²) in [7, 11) is 2.22. The van der Waals surface area contributed by atoms with E-state index in [0.29, 0.717) is 0 Å². The zero-order valence-electron chi connectivity index (χ0n) is 22.1. The van der Waals surface area contributed by atoms with Crippen LogP contribution < -0.4 is 14.8 Å². The molecule has 3 fully saturated rings. The molecule has 0 spiro atoms. The van der Waals surface area contributed by atoms with Crippen molar-refractivity contribution in [3.63, 3.8) is 0 Å². The van der Waals surface area contributed by atoms with E-state index in [4.69, 9.17) is 9.47 Å². The summed E-state index contributed by atoms with van der Waals surface area (Å²) in [6, 6.07) is 16.0. The van der Waals surface area contributed by atoms with Crippen LogP contribution >= 0.6 is 7.26 Å². The summed E-state index contributed by atoms with van der Waals surface area (Å²) < 4.78 is 11.7. The first-order valence-corrected chi connectivity index (χ1v) is 16.5. The van der Waals surface area contributed by atoms with Gasteiger partial charge in [0, 0.05) is 0 Å². The van der Waals surface area contributed by atoms with Crippen LogP contribution in [0.3, 0.4) is 0 Å². The van der Waals surface area contributed by atoms with Crippen molar-refractivity contribution in [1.29, 1.82) is 0 Å². The van der Waals surface area contributed by atoms with Crippen molar-refractivity contribution in [3.05, 3.63) is 42.5 Å². The molecular weight excluding hydrogens is 447 g/mol. The highest BCUT2D eigenvalue weighted by Crippen LogP contribution is 2.76. The van der Waals surface area contributed by atoms with Gasteiger partial charge in [-0.3, -0.25) is 0 Å². The molecule has 0 bridgehead atoms. The Bertz CT molecular complexity index is 884. The molecule has 0 unspecified atom stereocenters. The predicted octanol–water partition coefficient (Wildman–Crippen LogP) is 9.01. The average molecular weight is 494 g/mol. The highest BCUT2D eigenvalue weighted by molar-refractivity contribution is 7.84. The van der Waals surface area contributed by atoms with Crippen LogP contribution in [0.25, 0.3) is 11.1 Å². The fourth-order valence-electron chi connectivity index (χ4n) is 8.09. The van der Waals surface area contributed by atoms with Crippen molar-refractivity contribution >= 4 is 12.6 Å². The summed E-state index contributed by atoms with van der Waals surface area (Å²) in [5.41, 5.74) is 5.23. The lowest BCUT2D eigenvalue weighted by Crippen LogP contribution is -2.41. The number of hydrogen-bond donors (Lipinski definition) is 0. The Hall–Kier alpha value is -1.53. The molecule has 0 radical (unpaired) electrons. The molecule has 0 amide bonds. The second-order valence-electron chi connectivity index (χ2n) is 11.3. The maximum absolute atomic E-state index is 5.85. The molecule has 0 aromatic heterocycles. The number of ether oxygens (including phenoxy) is 2. The molecule has 0 heterocycles. The Morgan fingerprint density at radius 1 is 0.571 bits per heavy atom. The summed E-state index contributed by atoms with van der Waals surface area (Å²) in [6.07, 6.45) is 21.9. The van der Waals surface area contributed by atoms with E-state index >= 15 is 0 Å². The molecule has 2 nitrogen and oxygen atoms in total. The minimum absolute atomic E-state index is 0.915. The molecule has 3 aliphatic carbocycles. The van der Waals surface area contributed by atoms with Crippen molar-refractivity contribution in [1.82, 2.24) is 0 Å². The van der Waals surface area contributed by atoms with E-state index in [0.717, 1.165) is 34.0 Å². The lowest BCUT2D eigenvalue weighted by molar-refractivity contribution is 0.397. The first kappa shape index (κ1) is 25.1. The molecule has 0 saturated heterocycles. The van der Waals surface area contributed by atoms with Crippen LogP contribution in [0.15, 0.2) is 42.5 Å². The largest absolute Gasteiger partial charge is 0.496 e. The lowest BCUT2D eigenvalue weighted by Gasteiger charge is -2.49. The van der Waals surface area contributed by atoms with E-state index in [9.17, 15) is 0 Å². The number of hydrogen-bond acceptors (Lipinski definition) is 2. The Balaban J connectivity index is 1.68. The molecular formula is C32H46O2P+. The Kier molecular flexibility index (Phi) is 8.39. The summed E-state index contributed by atoms with van der Waals surface area (Å²) in [5, 5.41) is 1.74. The summed E-state index contributed by atoms with van der Waals surface area (Å²) in [6.45, 7) is 0. The minimum atomic E-state index is -1.35. The Labute approximate surface area is 214 Å². The molecule has 3 saturated carbocycles. The second kappa shape index (κ2) is 11.7. The standard InChI is InChI=1S/C32H46O2P/c1-33-30-22-13-23-31(34-2)32(30)25-14-12-21-29(24-25)35(26-15-6-3-7-16-26,27-17-8-4-9-18-27)28-19-10-5-11-20-28/h12-14,21-24,26-28H,3-11,15-20H2,1-2H3/q+1. The van der Waals surface area contributed by atoms with Gasteiger partial charge in [0.1, 0.15) is 11.5 Å². The number of benzene rings is 2. The monoisotopic (exact) mass is 493 g/mol. The van der Waals surface area contributed by atoms with Crippen LogP contribution in [0, 0.1) is 0 Å². The molecule has 3 heteroatoms. The SMILES string of the molecule is COc1cccc(OC)c1-c1cccc([P+](C2CCCCC2)(C2CCCCC2)C2CCCCC2)c1. The van der Waals surface area contributed by atoms with Crippen LogP contribution in [0.2, 0.25) is 0 Å². The molecule has 0 atom stereocenters. The van der Waals surface area contributed by atoms with Crippen molar-refractivity contribution in [2.45, 2.75) is 113 Å². The van der Waals surface area contributed by atoms with Crippen molar-refractivity contribution in [3.8, 4) is 22.6 Å². The third kappa shape index (κ3) is 4.90.